The highest BCUT2D eigenvalue weighted by Crippen LogP contribution is 2.28. The molecule has 1 aromatic carbocycles. The molecule has 1 saturated heterocycles. The Labute approximate surface area is 158 Å². The summed E-state index contributed by atoms with van der Waals surface area (Å²) in [6.45, 7) is 0.812. The zero-order chi connectivity index (χ0) is 19.6. The molecule has 9 nitrogen and oxygen atoms in total. The van der Waals surface area contributed by atoms with E-state index < -0.39 is 20.6 Å². The van der Waals surface area contributed by atoms with Crippen LogP contribution in [0.2, 0.25) is 0 Å². The van der Waals surface area contributed by atoms with Gasteiger partial charge in [0.15, 0.2) is 4.90 Å². The molecule has 1 aromatic rings. The number of nitro groups is 1. The van der Waals surface area contributed by atoms with Crippen molar-refractivity contribution in [2.24, 2.45) is 11.7 Å². The molecular weight excluding hydrogens is 372 g/mol. The van der Waals surface area contributed by atoms with E-state index in [-0.39, 0.29) is 48.9 Å². The second-order valence-electron chi connectivity index (χ2n) is 7.08. The number of hydrogen-bond acceptors (Lipinski definition) is 6. The van der Waals surface area contributed by atoms with Gasteiger partial charge in [0.25, 0.3) is 5.69 Å². The van der Waals surface area contributed by atoms with Crippen LogP contribution in [0.4, 0.5) is 5.69 Å². The van der Waals surface area contributed by atoms with Crippen molar-refractivity contribution in [1.29, 1.82) is 0 Å². The molecule has 0 spiro atoms. The fraction of sp³-hybridized carbons (Fsp3) is 0.588. The van der Waals surface area contributed by atoms with Gasteiger partial charge in [-0.1, -0.05) is 18.6 Å². The van der Waals surface area contributed by atoms with Crippen LogP contribution >= 0.6 is 0 Å². The second kappa shape index (κ2) is 7.91. The van der Waals surface area contributed by atoms with E-state index in [1.165, 1.54) is 28.6 Å². The lowest BCUT2D eigenvalue weighted by Crippen LogP contribution is -2.52. The van der Waals surface area contributed by atoms with Gasteiger partial charge >= 0.3 is 0 Å². The SMILES string of the molecule is NC1CCCC(C(=O)N2CCN(S(=O)(=O)c3ccccc3[N+](=O)[O-])CC2)C1. The van der Waals surface area contributed by atoms with Gasteiger partial charge in [-0.3, -0.25) is 14.9 Å². The molecule has 1 heterocycles. The number of carbonyl (C=O) groups excluding carboxylic acids is 1. The summed E-state index contributed by atoms with van der Waals surface area (Å²) in [7, 11) is -3.99. The van der Waals surface area contributed by atoms with E-state index >= 15 is 0 Å². The standard InChI is InChI=1S/C17H24N4O5S/c18-14-5-3-4-13(12-14)17(22)19-8-10-20(11-9-19)27(25,26)16-7-2-1-6-15(16)21(23)24/h1-2,6-7,13-14H,3-5,8-12,18H2. The molecule has 2 N–H and O–H groups in total. The number of nitrogens with two attached hydrogens (primary N) is 1. The molecule has 3 rings (SSSR count). The average Bonchev–Trinajstić information content (AvgIpc) is 2.67. The van der Waals surface area contributed by atoms with Crippen LogP contribution in [0.1, 0.15) is 25.7 Å². The average molecular weight is 396 g/mol. The Bertz CT molecular complexity index is 820. The number of amides is 1. The summed E-state index contributed by atoms with van der Waals surface area (Å²) in [5.74, 6) is -0.0555. The normalized spacial score (nSPS) is 24.6. The monoisotopic (exact) mass is 396 g/mol. The summed E-state index contributed by atoms with van der Waals surface area (Å²) >= 11 is 0. The van der Waals surface area contributed by atoms with Crippen LogP contribution in [0.5, 0.6) is 0 Å². The molecule has 2 atom stereocenters. The van der Waals surface area contributed by atoms with Gasteiger partial charge in [0.1, 0.15) is 0 Å². The van der Waals surface area contributed by atoms with Crippen molar-refractivity contribution < 1.29 is 18.1 Å². The minimum atomic E-state index is -3.99. The minimum Gasteiger partial charge on any atom is -0.340 e. The molecule has 0 radical (unpaired) electrons. The van der Waals surface area contributed by atoms with Crippen molar-refractivity contribution in [3.63, 3.8) is 0 Å². The number of benzene rings is 1. The van der Waals surface area contributed by atoms with Gasteiger partial charge in [-0.15, -0.1) is 0 Å². The first kappa shape index (κ1) is 19.7. The summed E-state index contributed by atoms with van der Waals surface area (Å²) in [4.78, 5) is 24.5. The zero-order valence-corrected chi connectivity index (χ0v) is 15.8. The Morgan fingerprint density at radius 3 is 2.44 bits per heavy atom. The van der Waals surface area contributed by atoms with Crippen LogP contribution < -0.4 is 5.73 Å². The number of hydrogen-bond donors (Lipinski definition) is 1. The van der Waals surface area contributed by atoms with Crippen molar-refractivity contribution in [3.8, 4) is 0 Å². The van der Waals surface area contributed by atoms with Crippen LogP contribution in [0.25, 0.3) is 0 Å². The van der Waals surface area contributed by atoms with Gasteiger partial charge in [0.2, 0.25) is 15.9 Å². The molecule has 10 heteroatoms. The van der Waals surface area contributed by atoms with Gasteiger partial charge in [-0.05, 0) is 25.3 Å². The van der Waals surface area contributed by atoms with Crippen molar-refractivity contribution in [1.82, 2.24) is 9.21 Å². The third-order valence-corrected chi connectivity index (χ3v) is 7.24. The lowest BCUT2D eigenvalue weighted by Gasteiger charge is -2.37. The highest BCUT2D eigenvalue weighted by Gasteiger charge is 2.36. The van der Waals surface area contributed by atoms with E-state index in [2.05, 4.69) is 0 Å². The van der Waals surface area contributed by atoms with E-state index in [9.17, 15) is 23.3 Å². The van der Waals surface area contributed by atoms with E-state index in [1.54, 1.807) is 4.90 Å². The van der Waals surface area contributed by atoms with Gasteiger partial charge in [-0.2, -0.15) is 4.31 Å². The molecule has 27 heavy (non-hydrogen) atoms. The molecule has 0 bridgehead atoms. The highest BCUT2D eigenvalue weighted by molar-refractivity contribution is 7.89. The Balaban J connectivity index is 1.68. The zero-order valence-electron chi connectivity index (χ0n) is 15.0. The minimum absolute atomic E-state index is 0.0351. The van der Waals surface area contributed by atoms with Crippen LogP contribution in [0.3, 0.4) is 0 Å². The van der Waals surface area contributed by atoms with E-state index in [1.807, 2.05) is 0 Å². The van der Waals surface area contributed by atoms with E-state index in [4.69, 9.17) is 5.73 Å². The number of para-hydroxylation sites is 1. The van der Waals surface area contributed by atoms with Gasteiger partial charge in [-0.25, -0.2) is 8.42 Å². The molecule has 1 saturated carbocycles. The topological polar surface area (TPSA) is 127 Å². The van der Waals surface area contributed by atoms with Gasteiger partial charge in [0.05, 0.1) is 4.92 Å². The van der Waals surface area contributed by atoms with E-state index in [0.29, 0.717) is 6.42 Å². The third-order valence-electron chi connectivity index (χ3n) is 5.29. The molecule has 1 amide bonds. The molecule has 0 aromatic heterocycles. The maximum atomic E-state index is 12.8. The maximum Gasteiger partial charge on any atom is 0.289 e. The predicted molar refractivity (Wildman–Crippen MR) is 98.4 cm³/mol. The Morgan fingerprint density at radius 2 is 1.81 bits per heavy atom. The van der Waals surface area contributed by atoms with Gasteiger partial charge < -0.3 is 10.6 Å². The van der Waals surface area contributed by atoms with Gasteiger partial charge in [0, 0.05) is 44.2 Å². The largest absolute Gasteiger partial charge is 0.340 e. The summed E-state index contributed by atoms with van der Waals surface area (Å²) < 4.78 is 26.9. The molecule has 1 aliphatic heterocycles. The summed E-state index contributed by atoms with van der Waals surface area (Å²) in [5.41, 5.74) is 5.52. The summed E-state index contributed by atoms with van der Waals surface area (Å²) in [6, 6.07) is 5.37. The van der Waals surface area contributed by atoms with Crippen LogP contribution in [-0.2, 0) is 14.8 Å². The first-order chi connectivity index (χ1) is 12.8. The highest BCUT2D eigenvalue weighted by atomic mass is 32.2. The lowest BCUT2D eigenvalue weighted by molar-refractivity contribution is -0.387. The number of nitro benzene ring substituents is 1. The van der Waals surface area contributed by atoms with Crippen molar-refractivity contribution in [2.75, 3.05) is 26.2 Å². The summed E-state index contributed by atoms with van der Waals surface area (Å²) in [6.07, 6.45) is 3.37. The number of carbonyl (C=O) groups is 1. The quantitative estimate of drug-likeness (QED) is 0.596. The second-order valence-corrected chi connectivity index (χ2v) is 8.98. The number of sulfonamides is 1. The molecular formula is C17H24N4O5S. The molecule has 148 valence electrons. The van der Waals surface area contributed by atoms with Crippen LogP contribution in [-0.4, -0.2) is 60.7 Å². The first-order valence-corrected chi connectivity index (χ1v) is 10.5. The lowest BCUT2D eigenvalue weighted by atomic mass is 9.85. The Kier molecular flexibility index (Phi) is 5.78. The molecule has 1 aliphatic carbocycles. The summed E-state index contributed by atoms with van der Waals surface area (Å²) in [5, 5.41) is 11.2. The predicted octanol–water partition coefficient (Wildman–Crippen LogP) is 0.945. The fourth-order valence-electron chi connectivity index (χ4n) is 3.82. The molecule has 2 aliphatic rings. The van der Waals surface area contributed by atoms with Crippen molar-refractivity contribution >= 4 is 21.6 Å². The fourth-order valence-corrected chi connectivity index (χ4v) is 5.40. The van der Waals surface area contributed by atoms with Crippen molar-refractivity contribution in [3.05, 3.63) is 34.4 Å². The maximum absolute atomic E-state index is 12.8. The van der Waals surface area contributed by atoms with E-state index in [0.717, 1.165) is 19.3 Å². The third kappa shape index (κ3) is 4.12. The number of rotatable bonds is 4. The van der Waals surface area contributed by atoms with Crippen molar-refractivity contribution in [2.45, 2.75) is 36.6 Å². The Hall–Kier alpha value is -2.04. The number of piperazine rings is 1. The molecule has 2 fully saturated rings. The Morgan fingerprint density at radius 1 is 1.15 bits per heavy atom. The first-order valence-electron chi connectivity index (χ1n) is 9.08. The van der Waals surface area contributed by atoms with Crippen LogP contribution in [0, 0.1) is 16.0 Å². The smallest absolute Gasteiger partial charge is 0.289 e. The molecule has 2 unspecified atom stereocenters. The van der Waals surface area contributed by atoms with Crippen LogP contribution in [0.15, 0.2) is 29.2 Å². The number of nitrogens with zero attached hydrogens (tertiary/aromatic N) is 3.